The van der Waals surface area contributed by atoms with E-state index in [9.17, 15) is 9.59 Å². The molecule has 0 aliphatic carbocycles. The van der Waals surface area contributed by atoms with Gasteiger partial charge < -0.3 is 20.1 Å². The smallest absolute Gasteiger partial charge is 0.251 e. The van der Waals surface area contributed by atoms with Crippen LogP contribution in [0.15, 0.2) is 65.3 Å². The summed E-state index contributed by atoms with van der Waals surface area (Å²) in [5.41, 5.74) is 1.15. The fraction of sp³-hybridized carbons (Fsp3) is 0.174. The van der Waals surface area contributed by atoms with Crippen LogP contribution in [-0.4, -0.2) is 51.5 Å². The van der Waals surface area contributed by atoms with Crippen LogP contribution in [-0.2, 0) is 11.3 Å². The van der Waals surface area contributed by atoms with Gasteiger partial charge in [0.2, 0.25) is 5.91 Å². The van der Waals surface area contributed by atoms with Crippen molar-refractivity contribution in [1.82, 2.24) is 25.1 Å². The molecule has 2 N–H and O–H groups in total. The number of amides is 2. The number of aromatic nitrogens is 4. The quantitative estimate of drug-likeness (QED) is 0.312. The first-order valence-corrected chi connectivity index (χ1v) is 12.3. The van der Waals surface area contributed by atoms with Crippen LogP contribution >= 0.6 is 23.1 Å². The predicted molar refractivity (Wildman–Crippen MR) is 134 cm³/mol. The molecule has 10 nitrogen and oxygen atoms in total. The van der Waals surface area contributed by atoms with E-state index in [-0.39, 0.29) is 24.1 Å². The maximum absolute atomic E-state index is 12.6. The number of hydrogen-bond acceptors (Lipinski definition) is 9. The van der Waals surface area contributed by atoms with E-state index >= 15 is 0 Å². The summed E-state index contributed by atoms with van der Waals surface area (Å²) in [6, 6.07) is 14.2. The summed E-state index contributed by atoms with van der Waals surface area (Å²) in [6.07, 6.45) is 1.62. The lowest BCUT2D eigenvalue weighted by Crippen LogP contribution is -2.24. The molecule has 4 aromatic rings. The highest BCUT2D eigenvalue weighted by molar-refractivity contribution is 7.99. The zero-order valence-corrected chi connectivity index (χ0v) is 20.6. The summed E-state index contributed by atoms with van der Waals surface area (Å²) in [5.74, 6) is 1.23. The molecular weight excluding hydrogens is 488 g/mol. The number of methoxy groups -OCH3 is 2. The van der Waals surface area contributed by atoms with Crippen LogP contribution in [0.3, 0.4) is 0 Å². The van der Waals surface area contributed by atoms with Crippen molar-refractivity contribution in [2.45, 2.75) is 11.7 Å². The van der Waals surface area contributed by atoms with Crippen molar-refractivity contribution in [2.24, 2.45) is 0 Å². The maximum atomic E-state index is 12.6. The molecule has 2 heterocycles. The molecule has 0 saturated carbocycles. The minimum absolute atomic E-state index is 0.0837. The van der Waals surface area contributed by atoms with E-state index in [4.69, 9.17) is 9.47 Å². The molecule has 0 atom stereocenters. The Morgan fingerprint density at radius 2 is 1.91 bits per heavy atom. The Balaban J connectivity index is 1.60. The van der Waals surface area contributed by atoms with E-state index < -0.39 is 0 Å². The number of carbonyl (C=O) groups excluding carboxylic acids is 2. The van der Waals surface area contributed by atoms with E-state index in [0.717, 1.165) is 0 Å². The van der Waals surface area contributed by atoms with Crippen molar-refractivity contribution < 1.29 is 19.1 Å². The van der Waals surface area contributed by atoms with Crippen LogP contribution in [0.1, 0.15) is 16.2 Å². The largest absolute Gasteiger partial charge is 0.497 e. The Bertz CT molecular complexity index is 1290. The van der Waals surface area contributed by atoms with Crippen LogP contribution in [0.25, 0.3) is 5.69 Å². The molecule has 4 rings (SSSR count). The minimum Gasteiger partial charge on any atom is -0.497 e. The average molecular weight is 511 g/mol. The highest BCUT2D eigenvalue weighted by Gasteiger charge is 2.20. The summed E-state index contributed by atoms with van der Waals surface area (Å²) in [4.78, 5) is 29.1. The molecule has 0 fully saturated rings. The van der Waals surface area contributed by atoms with Gasteiger partial charge in [-0.1, -0.05) is 30.0 Å². The highest BCUT2D eigenvalue weighted by atomic mass is 32.2. The molecule has 2 aromatic carbocycles. The highest BCUT2D eigenvalue weighted by Crippen LogP contribution is 2.32. The van der Waals surface area contributed by atoms with Gasteiger partial charge in [-0.2, -0.15) is 0 Å². The first-order valence-electron chi connectivity index (χ1n) is 10.4. The van der Waals surface area contributed by atoms with Gasteiger partial charge in [0.15, 0.2) is 16.1 Å². The topological polar surface area (TPSA) is 120 Å². The second kappa shape index (κ2) is 11.5. The predicted octanol–water partition coefficient (Wildman–Crippen LogP) is 3.40. The lowest BCUT2D eigenvalue weighted by Gasteiger charge is -2.15. The van der Waals surface area contributed by atoms with Crippen LogP contribution in [0.4, 0.5) is 5.13 Å². The Hall–Kier alpha value is -3.90. The molecular formula is C23H22N6O4S2. The summed E-state index contributed by atoms with van der Waals surface area (Å²) >= 11 is 2.54. The van der Waals surface area contributed by atoms with E-state index in [1.165, 1.54) is 23.1 Å². The molecule has 0 bridgehead atoms. The number of thioether (sulfide) groups is 1. The Labute approximate surface area is 209 Å². The normalized spacial score (nSPS) is 10.6. The maximum Gasteiger partial charge on any atom is 0.251 e. The number of nitrogens with zero attached hydrogens (tertiary/aromatic N) is 4. The zero-order chi connectivity index (χ0) is 24.6. The van der Waals surface area contributed by atoms with Crippen LogP contribution in [0.2, 0.25) is 0 Å². The van der Waals surface area contributed by atoms with Gasteiger partial charge in [-0.3, -0.25) is 14.2 Å². The van der Waals surface area contributed by atoms with Gasteiger partial charge in [0.25, 0.3) is 5.91 Å². The van der Waals surface area contributed by atoms with Crippen LogP contribution in [0, 0.1) is 0 Å². The standard InChI is InChI=1S/C23H22N6O4S2/c1-32-16-8-9-18(33-2)17(12-16)29-19(13-25-21(31)15-6-4-3-5-7-15)27-28-23(29)35-14-20(30)26-22-24-10-11-34-22/h3-12H,13-14H2,1-2H3,(H,25,31)(H,24,26,30). The molecule has 0 radical (unpaired) electrons. The van der Waals surface area contributed by atoms with E-state index in [0.29, 0.717) is 38.9 Å². The van der Waals surface area contributed by atoms with Crippen LogP contribution < -0.4 is 20.1 Å². The summed E-state index contributed by atoms with van der Waals surface area (Å²) < 4.78 is 12.7. The van der Waals surface area contributed by atoms with Gasteiger partial charge in [0.05, 0.1) is 32.2 Å². The molecule has 2 aromatic heterocycles. The summed E-state index contributed by atoms with van der Waals surface area (Å²) in [5, 5.41) is 16.9. The summed E-state index contributed by atoms with van der Waals surface area (Å²) in [7, 11) is 3.12. The number of rotatable bonds is 10. The first kappa shape index (κ1) is 24.2. The van der Waals surface area contributed by atoms with Gasteiger partial charge in [-0.05, 0) is 24.3 Å². The Morgan fingerprint density at radius 3 is 2.63 bits per heavy atom. The molecule has 0 aliphatic rings. The van der Waals surface area contributed by atoms with Crippen molar-refractivity contribution in [2.75, 3.05) is 25.3 Å². The molecule has 12 heteroatoms. The number of ether oxygens (including phenoxy) is 2. The number of anilines is 1. The van der Waals surface area contributed by atoms with Crippen molar-refractivity contribution in [1.29, 1.82) is 0 Å². The van der Waals surface area contributed by atoms with Gasteiger partial charge >= 0.3 is 0 Å². The first-order chi connectivity index (χ1) is 17.1. The lowest BCUT2D eigenvalue weighted by molar-refractivity contribution is -0.113. The third kappa shape index (κ3) is 5.97. The van der Waals surface area contributed by atoms with Crippen molar-refractivity contribution in [3.8, 4) is 17.2 Å². The molecule has 0 unspecified atom stereocenters. The second-order valence-corrected chi connectivity index (χ2v) is 8.83. The van der Waals surface area contributed by atoms with Gasteiger partial charge in [0.1, 0.15) is 11.5 Å². The van der Waals surface area contributed by atoms with Crippen molar-refractivity contribution in [3.05, 3.63) is 71.5 Å². The van der Waals surface area contributed by atoms with E-state index in [1.807, 2.05) is 6.07 Å². The third-order valence-corrected chi connectivity index (χ3v) is 6.40. The minimum atomic E-state index is -0.241. The van der Waals surface area contributed by atoms with Crippen molar-refractivity contribution in [3.63, 3.8) is 0 Å². The number of benzene rings is 2. The number of carbonyl (C=O) groups is 2. The van der Waals surface area contributed by atoms with Gasteiger partial charge in [-0.25, -0.2) is 4.98 Å². The monoisotopic (exact) mass is 510 g/mol. The van der Waals surface area contributed by atoms with Gasteiger partial charge in [-0.15, -0.1) is 21.5 Å². The van der Waals surface area contributed by atoms with E-state index in [1.54, 1.807) is 72.8 Å². The molecule has 0 aliphatic heterocycles. The number of nitrogens with one attached hydrogen (secondary N) is 2. The molecule has 35 heavy (non-hydrogen) atoms. The Morgan fingerprint density at radius 1 is 1.09 bits per heavy atom. The zero-order valence-electron chi connectivity index (χ0n) is 18.9. The molecule has 2 amide bonds. The fourth-order valence-corrected chi connectivity index (χ4v) is 4.45. The van der Waals surface area contributed by atoms with Crippen LogP contribution in [0.5, 0.6) is 11.5 Å². The molecule has 180 valence electrons. The summed E-state index contributed by atoms with van der Waals surface area (Å²) in [6.45, 7) is 0.104. The van der Waals surface area contributed by atoms with Gasteiger partial charge in [0, 0.05) is 23.2 Å². The number of thiazole rings is 1. The SMILES string of the molecule is COc1ccc(OC)c(-n2c(CNC(=O)c3ccccc3)nnc2SCC(=O)Nc2nccs2)c1. The lowest BCUT2D eigenvalue weighted by atomic mass is 10.2. The molecule has 0 saturated heterocycles. The average Bonchev–Trinajstić information content (AvgIpc) is 3.55. The fourth-order valence-electron chi connectivity index (χ4n) is 3.14. The third-order valence-electron chi connectivity index (χ3n) is 4.78. The Kier molecular flexibility index (Phi) is 7.95. The molecule has 0 spiro atoms. The second-order valence-electron chi connectivity index (χ2n) is 6.99. The van der Waals surface area contributed by atoms with Crippen molar-refractivity contribution >= 4 is 40.0 Å². The number of hydrogen-bond donors (Lipinski definition) is 2. The van der Waals surface area contributed by atoms with E-state index in [2.05, 4.69) is 25.8 Å².